The zero-order valence-electron chi connectivity index (χ0n) is 14.8. The monoisotopic (exact) mass is 363 g/mol. The van der Waals surface area contributed by atoms with Crippen molar-refractivity contribution in [3.05, 3.63) is 46.5 Å². The SMILES string of the molecule is CCN(CC)[C@H](CNC(=O)[C@@H](C)NC(=O)c1cccs1)c1ccco1. The summed E-state index contributed by atoms with van der Waals surface area (Å²) in [5, 5.41) is 7.47. The number of likely N-dealkylation sites (N-methyl/N-ethyl adjacent to an activating group) is 1. The van der Waals surface area contributed by atoms with Crippen LogP contribution in [0.1, 0.15) is 42.2 Å². The molecule has 0 spiro atoms. The molecule has 7 heteroatoms. The van der Waals surface area contributed by atoms with E-state index in [2.05, 4.69) is 29.4 Å². The van der Waals surface area contributed by atoms with Crippen molar-refractivity contribution in [1.82, 2.24) is 15.5 Å². The third-order valence-corrected chi connectivity index (χ3v) is 4.95. The van der Waals surface area contributed by atoms with Gasteiger partial charge in [-0.2, -0.15) is 0 Å². The van der Waals surface area contributed by atoms with E-state index in [9.17, 15) is 9.59 Å². The van der Waals surface area contributed by atoms with Crippen molar-refractivity contribution in [3.8, 4) is 0 Å². The molecule has 2 aromatic rings. The number of furan rings is 1. The summed E-state index contributed by atoms with van der Waals surface area (Å²) in [6, 6.07) is 6.66. The van der Waals surface area contributed by atoms with Crippen LogP contribution in [0.5, 0.6) is 0 Å². The van der Waals surface area contributed by atoms with Gasteiger partial charge in [-0.25, -0.2) is 0 Å². The molecule has 136 valence electrons. The fourth-order valence-corrected chi connectivity index (χ4v) is 3.27. The molecule has 0 saturated heterocycles. The fraction of sp³-hybridized carbons (Fsp3) is 0.444. The van der Waals surface area contributed by atoms with Gasteiger partial charge in [0, 0.05) is 6.54 Å². The molecule has 0 aromatic carbocycles. The van der Waals surface area contributed by atoms with Gasteiger partial charge >= 0.3 is 0 Å². The average molecular weight is 363 g/mol. The Labute approximate surface area is 152 Å². The van der Waals surface area contributed by atoms with Crippen molar-refractivity contribution in [2.24, 2.45) is 0 Å². The number of hydrogen-bond acceptors (Lipinski definition) is 5. The van der Waals surface area contributed by atoms with E-state index in [0.29, 0.717) is 11.4 Å². The zero-order valence-corrected chi connectivity index (χ0v) is 15.6. The number of rotatable bonds is 9. The van der Waals surface area contributed by atoms with Crippen molar-refractivity contribution in [2.75, 3.05) is 19.6 Å². The Morgan fingerprint density at radius 1 is 1.24 bits per heavy atom. The molecule has 2 atom stereocenters. The van der Waals surface area contributed by atoms with Gasteiger partial charge in [-0.3, -0.25) is 14.5 Å². The third-order valence-electron chi connectivity index (χ3n) is 4.08. The van der Waals surface area contributed by atoms with Crippen molar-refractivity contribution in [2.45, 2.75) is 32.9 Å². The van der Waals surface area contributed by atoms with E-state index in [4.69, 9.17) is 4.42 Å². The molecule has 2 rings (SSSR count). The largest absolute Gasteiger partial charge is 0.468 e. The molecular weight excluding hydrogens is 338 g/mol. The van der Waals surface area contributed by atoms with E-state index in [0.717, 1.165) is 18.8 Å². The third kappa shape index (κ3) is 5.17. The number of thiophene rings is 1. The Morgan fingerprint density at radius 2 is 2.00 bits per heavy atom. The number of carbonyl (C=O) groups is 2. The second kappa shape index (κ2) is 9.39. The van der Waals surface area contributed by atoms with Gasteiger partial charge in [0.2, 0.25) is 5.91 Å². The van der Waals surface area contributed by atoms with Crippen molar-refractivity contribution < 1.29 is 14.0 Å². The van der Waals surface area contributed by atoms with Gasteiger partial charge in [-0.1, -0.05) is 19.9 Å². The van der Waals surface area contributed by atoms with E-state index < -0.39 is 6.04 Å². The van der Waals surface area contributed by atoms with Crippen LogP contribution < -0.4 is 10.6 Å². The molecule has 6 nitrogen and oxygen atoms in total. The van der Waals surface area contributed by atoms with Gasteiger partial charge in [0.1, 0.15) is 11.8 Å². The highest BCUT2D eigenvalue weighted by atomic mass is 32.1. The van der Waals surface area contributed by atoms with Crippen LogP contribution in [-0.4, -0.2) is 42.4 Å². The first-order valence-electron chi connectivity index (χ1n) is 8.46. The Morgan fingerprint density at radius 3 is 2.56 bits per heavy atom. The molecule has 0 aliphatic carbocycles. The van der Waals surface area contributed by atoms with Gasteiger partial charge in [0.25, 0.3) is 5.91 Å². The van der Waals surface area contributed by atoms with E-state index in [1.807, 2.05) is 23.6 Å². The maximum absolute atomic E-state index is 12.3. The van der Waals surface area contributed by atoms with Gasteiger partial charge in [-0.05, 0) is 43.6 Å². The maximum atomic E-state index is 12.3. The van der Waals surface area contributed by atoms with Crippen molar-refractivity contribution in [1.29, 1.82) is 0 Å². The van der Waals surface area contributed by atoms with E-state index in [-0.39, 0.29) is 17.9 Å². The Balaban J connectivity index is 1.92. The van der Waals surface area contributed by atoms with Crippen LogP contribution in [0.4, 0.5) is 0 Å². The molecule has 0 saturated carbocycles. The van der Waals surface area contributed by atoms with Crippen molar-refractivity contribution >= 4 is 23.2 Å². The second-order valence-corrected chi connectivity index (χ2v) is 6.62. The molecule has 0 radical (unpaired) electrons. The topological polar surface area (TPSA) is 74.6 Å². The van der Waals surface area contributed by atoms with Crippen LogP contribution in [0.25, 0.3) is 0 Å². The predicted octanol–water partition coefficient (Wildman–Crippen LogP) is 2.66. The summed E-state index contributed by atoms with van der Waals surface area (Å²) in [5.41, 5.74) is 0. The van der Waals surface area contributed by atoms with E-state index in [1.165, 1.54) is 11.3 Å². The van der Waals surface area contributed by atoms with E-state index in [1.54, 1.807) is 19.3 Å². The normalized spacial score (nSPS) is 13.4. The highest BCUT2D eigenvalue weighted by molar-refractivity contribution is 7.12. The molecule has 2 aromatic heterocycles. The van der Waals surface area contributed by atoms with Crippen LogP contribution >= 0.6 is 11.3 Å². The predicted molar refractivity (Wildman–Crippen MR) is 98.6 cm³/mol. The van der Waals surface area contributed by atoms with Gasteiger partial charge in [0.05, 0.1) is 17.2 Å². The molecule has 0 fully saturated rings. The van der Waals surface area contributed by atoms with Crippen LogP contribution in [0, 0.1) is 0 Å². The van der Waals surface area contributed by atoms with Gasteiger partial charge in [0.15, 0.2) is 0 Å². The van der Waals surface area contributed by atoms with E-state index >= 15 is 0 Å². The average Bonchev–Trinajstić information content (AvgIpc) is 3.31. The van der Waals surface area contributed by atoms with Crippen LogP contribution in [-0.2, 0) is 4.79 Å². The minimum atomic E-state index is -0.608. The summed E-state index contributed by atoms with van der Waals surface area (Å²) in [7, 11) is 0. The Bertz CT molecular complexity index is 651. The lowest BCUT2D eigenvalue weighted by atomic mass is 10.1. The highest BCUT2D eigenvalue weighted by Crippen LogP contribution is 2.20. The Kier molecular flexibility index (Phi) is 7.21. The number of nitrogens with zero attached hydrogens (tertiary/aromatic N) is 1. The minimum absolute atomic E-state index is 0.0332. The Hall–Kier alpha value is -2.12. The maximum Gasteiger partial charge on any atom is 0.261 e. The highest BCUT2D eigenvalue weighted by Gasteiger charge is 2.23. The summed E-state index contributed by atoms with van der Waals surface area (Å²) >= 11 is 1.35. The molecule has 2 amide bonds. The summed E-state index contributed by atoms with van der Waals surface area (Å²) < 4.78 is 5.53. The minimum Gasteiger partial charge on any atom is -0.468 e. The summed E-state index contributed by atoms with van der Waals surface area (Å²) in [6.07, 6.45) is 1.64. The lowest BCUT2D eigenvalue weighted by molar-refractivity contribution is -0.122. The van der Waals surface area contributed by atoms with Gasteiger partial charge < -0.3 is 15.1 Å². The summed E-state index contributed by atoms with van der Waals surface area (Å²) in [5.74, 6) is 0.372. The second-order valence-electron chi connectivity index (χ2n) is 5.67. The smallest absolute Gasteiger partial charge is 0.261 e. The van der Waals surface area contributed by atoms with Crippen LogP contribution in [0.3, 0.4) is 0 Å². The lowest BCUT2D eigenvalue weighted by Gasteiger charge is -2.28. The number of amides is 2. The lowest BCUT2D eigenvalue weighted by Crippen LogP contribution is -2.47. The molecule has 0 aliphatic heterocycles. The first kappa shape index (κ1) is 19.2. The van der Waals surface area contributed by atoms with Crippen LogP contribution in [0.15, 0.2) is 40.3 Å². The van der Waals surface area contributed by atoms with Crippen LogP contribution in [0.2, 0.25) is 0 Å². The molecule has 0 unspecified atom stereocenters. The summed E-state index contributed by atoms with van der Waals surface area (Å²) in [4.78, 5) is 27.2. The molecule has 25 heavy (non-hydrogen) atoms. The standard InChI is InChI=1S/C18H25N3O3S/c1-4-21(5-2)14(15-8-6-10-24-15)12-19-17(22)13(3)20-18(23)16-9-7-11-25-16/h6-11,13-14H,4-5,12H2,1-3H3,(H,19,22)(H,20,23)/t13-,14-/m1/s1. The molecule has 2 N–H and O–H groups in total. The summed E-state index contributed by atoms with van der Waals surface area (Å²) in [6.45, 7) is 7.95. The molecule has 0 bridgehead atoms. The first-order chi connectivity index (χ1) is 12.1. The molecular formula is C18H25N3O3S. The van der Waals surface area contributed by atoms with Gasteiger partial charge in [-0.15, -0.1) is 11.3 Å². The molecule has 2 heterocycles. The number of hydrogen-bond donors (Lipinski definition) is 2. The zero-order chi connectivity index (χ0) is 18.2. The molecule has 0 aliphatic rings. The first-order valence-corrected chi connectivity index (χ1v) is 9.34. The van der Waals surface area contributed by atoms with Crippen molar-refractivity contribution in [3.63, 3.8) is 0 Å². The number of carbonyl (C=O) groups excluding carboxylic acids is 2. The quantitative estimate of drug-likeness (QED) is 0.718. The fourth-order valence-electron chi connectivity index (χ4n) is 2.65. The number of nitrogens with one attached hydrogen (secondary N) is 2.